The van der Waals surface area contributed by atoms with E-state index in [9.17, 15) is 14.0 Å². The highest BCUT2D eigenvalue weighted by Crippen LogP contribution is 2.35. The van der Waals surface area contributed by atoms with Crippen molar-refractivity contribution in [2.45, 2.75) is 25.7 Å². The maximum Gasteiger partial charge on any atom is 0.218 e. The molecule has 1 aromatic carbocycles. The smallest absolute Gasteiger partial charge is 0.218 e. The third kappa shape index (κ3) is 2.72. The molecule has 1 aliphatic rings. The average molecular weight is 316 g/mol. The van der Waals surface area contributed by atoms with Crippen LogP contribution in [0.2, 0.25) is 0 Å². The Bertz CT molecular complexity index is 754. The fourth-order valence-corrected chi connectivity index (χ4v) is 2.91. The molecule has 0 unspecified atom stereocenters. The molecule has 3 rings (SSSR count). The Morgan fingerprint density at radius 1 is 1.26 bits per heavy atom. The highest BCUT2D eigenvalue weighted by Gasteiger charge is 2.26. The van der Waals surface area contributed by atoms with Crippen LogP contribution in [-0.2, 0) is 11.2 Å². The van der Waals surface area contributed by atoms with Gasteiger partial charge in [0.05, 0.1) is 24.0 Å². The zero-order valence-corrected chi connectivity index (χ0v) is 12.8. The molecule has 23 heavy (non-hydrogen) atoms. The Balaban J connectivity index is 2.11. The number of nitrogens with zero attached hydrogens (tertiary/aromatic N) is 1. The van der Waals surface area contributed by atoms with E-state index >= 15 is 0 Å². The van der Waals surface area contributed by atoms with Gasteiger partial charge in [-0.15, -0.1) is 0 Å². The first-order valence-corrected chi connectivity index (χ1v) is 7.47. The molecule has 120 valence electrons. The number of ketones is 1. The van der Waals surface area contributed by atoms with Crippen molar-refractivity contribution in [1.82, 2.24) is 4.98 Å². The standard InChI is InChI=1S/C17H17FN2O3/c1-23-11-6-7-12(18)14(8-11)20(10-21)15-9-19-13-4-2-3-5-16(22)17(13)15/h6-10,19H,2-5H2,1H3. The highest BCUT2D eigenvalue weighted by atomic mass is 19.1. The molecule has 0 spiro atoms. The van der Waals surface area contributed by atoms with Crippen LogP contribution in [0.1, 0.15) is 35.3 Å². The van der Waals surface area contributed by atoms with E-state index in [1.165, 1.54) is 25.3 Å². The summed E-state index contributed by atoms with van der Waals surface area (Å²) >= 11 is 0. The van der Waals surface area contributed by atoms with Gasteiger partial charge >= 0.3 is 0 Å². The SMILES string of the molecule is COc1ccc(F)c(N(C=O)c2c[nH]c3c2C(=O)CCCC3)c1. The lowest BCUT2D eigenvalue weighted by atomic mass is 10.1. The normalized spacial score (nSPS) is 14.1. The maximum atomic E-state index is 14.2. The molecule has 0 aliphatic heterocycles. The second-order valence-electron chi connectivity index (χ2n) is 5.45. The summed E-state index contributed by atoms with van der Waals surface area (Å²) in [5.74, 6) is -0.154. The zero-order valence-electron chi connectivity index (χ0n) is 12.8. The number of methoxy groups -OCH3 is 1. The van der Waals surface area contributed by atoms with Gasteiger partial charge in [-0.2, -0.15) is 0 Å². The van der Waals surface area contributed by atoms with Crippen LogP contribution in [-0.4, -0.2) is 24.3 Å². The summed E-state index contributed by atoms with van der Waals surface area (Å²) in [5, 5.41) is 0. The van der Waals surface area contributed by atoms with Crippen molar-refractivity contribution in [3.05, 3.63) is 41.5 Å². The lowest BCUT2D eigenvalue weighted by Crippen LogP contribution is -2.18. The van der Waals surface area contributed by atoms with Crippen LogP contribution >= 0.6 is 0 Å². The van der Waals surface area contributed by atoms with Crippen LogP contribution in [0.3, 0.4) is 0 Å². The number of aromatic nitrogens is 1. The molecule has 5 nitrogen and oxygen atoms in total. The Hall–Kier alpha value is -2.63. The number of fused-ring (bicyclic) bond motifs is 1. The number of anilines is 2. The van der Waals surface area contributed by atoms with Gasteiger partial charge in [0.15, 0.2) is 5.78 Å². The third-order valence-corrected chi connectivity index (χ3v) is 4.08. The van der Waals surface area contributed by atoms with Crippen molar-refractivity contribution in [2.24, 2.45) is 0 Å². The van der Waals surface area contributed by atoms with Crippen LogP contribution < -0.4 is 9.64 Å². The second kappa shape index (κ2) is 6.24. The van der Waals surface area contributed by atoms with Crippen molar-refractivity contribution in [2.75, 3.05) is 12.0 Å². The summed E-state index contributed by atoms with van der Waals surface area (Å²) in [7, 11) is 1.47. The van der Waals surface area contributed by atoms with Crippen LogP contribution in [0.4, 0.5) is 15.8 Å². The van der Waals surface area contributed by atoms with Crippen molar-refractivity contribution in [3.8, 4) is 5.75 Å². The van der Waals surface area contributed by atoms with E-state index in [0.29, 0.717) is 29.8 Å². The first-order chi connectivity index (χ1) is 11.2. The number of carbonyl (C=O) groups excluding carboxylic acids is 2. The van der Waals surface area contributed by atoms with Crippen molar-refractivity contribution in [3.63, 3.8) is 0 Å². The molecule has 0 atom stereocenters. The largest absolute Gasteiger partial charge is 0.497 e. The molecule has 1 N–H and O–H groups in total. The topological polar surface area (TPSA) is 62.4 Å². The van der Waals surface area contributed by atoms with Gasteiger partial charge in [0.2, 0.25) is 6.41 Å². The molecule has 1 amide bonds. The number of rotatable bonds is 4. The monoisotopic (exact) mass is 316 g/mol. The fraction of sp³-hybridized carbons (Fsp3) is 0.294. The van der Waals surface area contributed by atoms with Crippen LogP contribution in [0.25, 0.3) is 0 Å². The van der Waals surface area contributed by atoms with Gasteiger partial charge in [0.25, 0.3) is 0 Å². The van der Waals surface area contributed by atoms with E-state index in [1.54, 1.807) is 6.20 Å². The zero-order chi connectivity index (χ0) is 16.4. The number of ether oxygens (including phenoxy) is 1. The van der Waals surface area contributed by atoms with Crippen LogP contribution in [0.15, 0.2) is 24.4 Å². The average Bonchev–Trinajstić information content (AvgIpc) is 2.88. The molecule has 2 aromatic rings. The molecule has 0 saturated carbocycles. The van der Waals surface area contributed by atoms with E-state index in [4.69, 9.17) is 4.74 Å². The number of H-pyrrole nitrogens is 1. The Labute approximate surface area is 133 Å². The summed E-state index contributed by atoms with van der Waals surface area (Å²) in [6, 6.07) is 4.15. The minimum atomic E-state index is -0.561. The second-order valence-corrected chi connectivity index (χ2v) is 5.45. The predicted molar refractivity (Wildman–Crippen MR) is 83.8 cm³/mol. The van der Waals surface area contributed by atoms with Crippen LogP contribution in [0.5, 0.6) is 5.75 Å². The van der Waals surface area contributed by atoms with Gasteiger partial charge in [-0.05, 0) is 31.4 Å². The predicted octanol–water partition coefficient (Wildman–Crippen LogP) is 3.37. The van der Waals surface area contributed by atoms with E-state index in [0.717, 1.165) is 29.9 Å². The number of halogens is 1. The molecule has 1 heterocycles. The molecular formula is C17H17FN2O3. The van der Waals surface area contributed by atoms with Gasteiger partial charge in [-0.3, -0.25) is 14.5 Å². The molecule has 0 saturated heterocycles. The van der Waals surface area contributed by atoms with Gasteiger partial charge in [0, 0.05) is 24.4 Å². The summed E-state index contributed by atoms with van der Waals surface area (Å²) < 4.78 is 19.3. The first-order valence-electron chi connectivity index (χ1n) is 7.47. The minimum absolute atomic E-state index is 0.0242. The lowest BCUT2D eigenvalue weighted by molar-refractivity contribution is -0.106. The molecule has 0 fully saturated rings. The minimum Gasteiger partial charge on any atom is -0.497 e. The van der Waals surface area contributed by atoms with E-state index in [1.807, 2.05) is 0 Å². The number of hydrogen-bond acceptors (Lipinski definition) is 3. The first kappa shape index (κ1) is 15.3. The lowest BCUT2D eigenvalue weighted by Gasteiger charge is -2.19. The number of nitrogens with one attached hydrogen (secondary N) is 1. The molecule has 0 bridgehead atoms. The fourth-order valence-electron chi connectivity index (χ4n) is 2.91. The number of benzene rings is 1. The molecule has 6 heteroatoms. The summed E-state index contributed by atoms with van der Waals surface area (Å²) in [4.78, 5) is 28.2. The summed E-state index contributed by atoms with van der Waals surface area (Å²) in [5.41, 5.74) is 1.72. The van der Waals surface area contributed by atoms with Crippen molar-refractivity contribution >= 4 is 23.6 Å². The summed E-state index contributed by atoms with van der Waals surface area (Å²) in [6.07, 6.45) is 5.00. The molecule has 0 radical (unpaired) electrons. The van der Waals surface area contributed by atoms with Crippen molar-refractivity contribution in [1.29, 1.82) is 0 Å². The van der Waals surface area contributed by atoms with E-state index < -0.39 is 5.82 Å². The summed E-state index contributed by atoms with van der Waals surface area (Å²) in [6.45, 7) is 0. The Morgan fingerprint density at radius 2 is 2.04 bits per heavy atom. The third-order valence-electron chi connectivity index (χ3n) is 4.08. The van der Waals surface area contributed by atoms with Gasteiger partial charge < -0.3 is 9.72 Å². The van der Waals surface area contributed by atoms with E-state index in [-0.39, 0.29) is 11.5 Å². The number of carbonyl (C=O) groups is 2. The Kier molecular flexibility index (Phi) is 4.14. The van der Waals surface area contributed by atoms with Crippen molar-refractivity contribution < 1.29 is 18.7 Å². The highest BCUT2D eigenvalue weighted by molar-refractivity contribution is 6.06. The van der Waals surface area contributed by atoms with Gasteiger partial charge in [-0.1, -0.05) is 0 Å². The number of aryl methyl sites for hydroxylation is 1. The van der Waals surface area contributed by atoms with Gasteiger partial charge in [0.1, 0.15) is 11.6 Å². The number of aromatic amines is 1. The Morgan fingerprint density at radius 3 is 2.78 bits per heavy atom. The number of amides is 1. The molecule has 1 aliphatic carbocycles. The number of hydrogen-bond donors (Lipinski definition) is 1. The quantitative estimate of drug-likeness (QED) is 0.695. The molecule has 1 aromatic heterocycles. The molecular weight excluding hydrogens is 299 g/mol. The van der Waals surface area contributed by atoms with Crippen LogP contribution in [0, 0.1) is 5.82 Å². The van der Waals surface area contributed by atoms with E-state index in [2.05, 4.69) is 4.98 Å². The maximum absolute atomic E-state index is 14.2. The number of Topliss-reactive ketones (excluding diaryl/α,β-unsaturated/α-hetero) is 1. The van der Waals surface area contributed by atoms with Gasteiger partial charge in [-0.25, -0.2) is 4.39 Å².